The van der Waals surface area contributed by atoms with Crippen LogP contribution in [0.25, 0.3) is 5.69 Å². The monoisotopic (exact) mass is 385 g/mol. The number of halogens is 1. The van der Waals surface area contributed by atoms with Crippen molar-refractivity contribution >= 4 is 11.5 Å². The molecule has 6 heteroatoms. The van der Waals surface area contributed by atoms with Crippen LogP contribution < -0.4 is 11.1 Å². The first-order valence-corrected chi connectivity index (χ1v) is 9.90. The molecule has 1 aliphatic carbocycles. The zero-order valence-electron chi connectivity index (χ0n) is 16.8. The Kier molecular flexibility index (Phi) is 4.79. The van der Waals surface area contributed by atoms with Crippen LogP contribution in [0.2, 0.25) is 0 Å². The van der Waals surface area contributed by atoms with Crippen molar-refractivity contribution in [2.45, 2.75) is 52.6 Å². The van der Waals surface area contributed by atoms with Crippen LogP contribution in [-0.4, -0.2) is 29.6 Å². The molecular formula is C22H28FN3O2. The molecule has 1 aliphatic heterocycles. The molecule has 0 unspecified atom stereocenters. The number of hydrogen-bond acceptors (Lipinski definition) is 4. The summed E-state index contributed by atoms with van der Waals surface area (Å²) in [5.41, 5.74) is 10.3. The maximum Gasteiger partial charge on any atom is 0.165 e. The van der Waals surface area contributed by atoms with E-state index in [-0.39, 0.29) is 29.6 Å². The lowest BCUT2D eigenvalue weighted by atomic mass is 9.75. The minimum atomic E-state index is -0.331. The number of carbonyl (C=O) groups excluding carboxylic acids is 1. The highest BCUT2D eigenvalue weighted by molar-refractivity contribution is 6.00. The van der Waals surface area contributed by atoms with Gasteiger partial charge in [-0.05, 0) is 42.9 Å². The smallest absolute Gasteiger partial charge is 0.165 e. The van der Waals surface area contributed by atoms with Gasteiger partial charge in [0.05, 0.1) is 18.3 Å². The molecule has 28 heavy (non-hydrogen) atoms. The molecule has 2 aliphatic rings. The van der Waals surface area contributed by atoms with Gasteiger partial charge in [0, 0.05) is 48.3 Å². The zero-order valence-corrected chi connectivity index (χ0v) is 16.8. The van der Waals surface area contributed by atoms with E-state index in [0.29, 0.717) is 36.6 Å². The number of nitrogens with two attached hydrogens (primary N) is 1. The highest BCUT2D eigenvalue weighted by Crippen LogP contribution is 2.38. The fourth-order valence-electron chi connectivity index (χ4n) is 4.47. The van der Waals surface area contributed by atoms with Crippen molar-refractivity contribution in [1.29, 1.82) is 0 Å². The Morgan fingerprint density at radius 3 is 2.82 bits per heavy atom. The van der Waals surface area contributed by atoms with Crippen LogP contribution >= 0.6 is 0 Å². The molecule has 2 aromatic rings. The summed E-state index contributed by atoms with van der Waals surface area (Å²) in [6.07, 6.45) is 4.15. The van der Waals surface area contributed by atoms with E-state index in [1.165, 1.54) is 6.07 Å². The SMILES string of the molecule is Cc1cn(-c2cc(F)c(CN)c(N[C@H]3CCOC3)c2)c2c1C(=O)CC(C)(C)C2. The number of anilines is 1. The number of benzene rings is 1. The number of nitrogens with zero attached hydrogens (tertiary/aromatic N) is 1. The minimum absolute atomic E-state index is 0.107. The molecule has 0 amide bonds. The fraction of sp³-hybridized carbons (Fsp3) is 0.500. The molecule has 0 bridgehead atoms. The summed E-state index contributed by atoms with van der Waals surface area (Å²) in [5.74, 6) is -0.161. The van der Waals surface area contributed by atoms with E-state index in [4.69, 9.17) is 10.5 Å². The van der Waals surface area contributed by atoms with Crippen molar-refractivity contribution in [2.75, 3.05) is 18.5 Å². The molecule has 1 aromatic carbocycles. The summed E-state index contributed by atoms with van der Waals surface area (Å²) < 4.78 is 22.3. The summed E-state index contributed by atoms with van der Waals surface area (Å²) in [6.45, 7) is 7.59. The maximum absolute atomic E-state index is 14.9. The Morgan fingerprint density at radius 2 is 2.14 bits per heavy atom. The number of carbonyl (C=O) groups is 1. The van der Waals surface area contributed by atoms with Gasteiger partial charge >= 0.3 is 0 Å². The van der Waals surface area contributed by atoms with Crippen molar-refractivity contribution in [2.24, 2.45) is 11.1 Å². The molecule has 1 fully saturated rings. The first-order valence-electron chi connectivity index (χ1n) is 9.90. The van der Waals surface area contributed by atoms with Crippen molar-refractivity contribution in [3.8, 4) is 5.69 Å². The van der Waals surface area contributed by atoms with Gasteiger partial charge in [-0.25, -0.2) is 4.39 Å². The van der Waals surface area contributed by atoms with Gasteiger partial charge in [-0.1, -0.05) is 13.8 Å². The third kappa shape index (κ3) is 3.35. The average Bonchev–Trinajstić information content (AvgIpc) is 3.21. The van der Waals surface area contributed by atoms with Gasteiger partial charge in [-0.15, -0.1) is 0 Å². The number of aryl methyl sites for hydroxylation is 1. The number of ether oxygens (including phenoxy) is 1. The molecule has 1 saturated heterocycles. The number of ketones is 1. The molecule has 5 nitrogen and oxygen atoms in total. The predicted octanol–water partition coefficient (Wildman–Crippen LogP) is 3.74. The van der Waals surface area contributed by atoms with E-state index in [1.54, 1.807) is 0 Å². The Morgan fingerprint density at radius 1 is 1.36 bits per heavy atom. The van der Waals surface area contributed by atoms with Gasteiger partial charge in [0.2, 0.25) is 0 Å². The number of rotatable bonds is 4. The second-order valence-electron chi connectivity index (χ2n) is 8.81. The van der Waals surface area contributed by atoms with E-state index in [9.17, 15) is 9.18 Å². The molecule has 1 aromatic heterocycles. The second kappa shape index (κ2) is 7.01. The fourth-order valence-corrected chi connectivity index (χ4v) is 4.47. The molecule has 1 atom stereocenters. The number of aromatic nitrogens is 1. The predicted molar refractivity (Wildman–Crippen MR) is 108 cm³/mol. The van der Waals surface area contributed by atoms with E-state index >= 15 is 0 Å². The first kappa shape index (κ1) is 19.2. The number of fused-ring (bicyclic) bond motifs is 1. The topological polar surface area (TPSA) is 69.3 Å². The van der Waals surface area contributed by atoms with Crippen LogP contribution in [0.4, 0.5) is 10.1 Å². The van der Waals surface area contributed by atoms with Gasteiger partial charge < -0.3 is 20.4 Å². The molecule has 4 rings (SSSR count). The lowest BCUT2D eigenvalue weighted by molar-refractivity contribution is 0.0910. The Balaban J connectivity index is 1.81. The van der Waals surface area contributed by atoms with Gasteiger partial charge in [0.1, 0.15) is 5.82 Å². The Hall–Kier alpha value is -2.18. The normalized spacial score (nSPS) is 21.0. The minimum Gasteiger partial charge on any atom is -0.379 e. The van der Waals surface area contributed by atoms with Crippen LogP contribution in [0.5, 0.6) is 0 Å². The number of Topliss-reactive ketones (excluding diaryl/α,β-unsaturated/α-hetero) is 1. The van der Waals surface area contributed by atoms with Crippen LogP contribution in [-0.2, 0) is 17.7 Å². The molecule has 0 radical (unpaired) electrons. The summed E-state index contributed by atoms with van der Waals surface area (Å²) in [4.78, 5) is 12.7. The lowest BCUT2D eigenvalue weighted by Gasteiger charge is -2.30. The van der Waals surface area contributed by atoms with Crippen LogP contribution in [0.3, 0.4) is 0 Å². The van der Waals surface area contributed by atoms with E-state index in [0.717, 1.165) is 29.7 Å². The second-order valence-corrected chi connectivity index (χ2v) is 8.81. The molecule has 3 N–H and O–H groups in total. The van der Waals surface area contributed by atoms with E-state index in [1.807, 2.05) is 23.8 Å². The molecule has 0 saturated carbocycles. The van der Waals surface area contributed by atoms with Crippen molar-refractivity contribution in [3.63, 3.8) is 0 Å². The lowest BCUT2D eigenvalue weighted by Crippen LogP contribution is -2.28. The summed E-state index contributed by atoms with van der Waals surface area (Å²) >= 11 is 0. The first-order chi connectivity index (χ1) is 13.3. The van der Waals surface area contributed by atoms with Gasteiger partial charge in [-0.3, -0.25) is 4.79 Å². The van der Waals surface area contributed by atoms with Gasteiger partial charge in [-0.2, -0.15) is 0 Å². The molecule has 150 valence electrons. The summed E-state index contributed by atoms with van der Waals surface area (Å²) in [5, 5.41) is 3.40. The highest BCUT2D eigenvalue weighted by atomic mass is 19.1. The Bertz CT molecular complexity index is 926. The van der Waals surface area contributed by atoms with Crippen molar-refractivity contribution in [1.82, 2.24) is 4.57 Å². The maximum atomic E-state index is 14.9. The Labute approximate surface area is 165 Å². The van der Waals surface area contributed by atoms with Gasteiger partial charge in [0.25, 0.3) is 0 Å². The standard InChI is InChI=1S/C22H28FN3O2/c1-13-11-26(19-8-22(2,3)9-20(27)21(13)19)15-6-17(23)16(10-24)18(7-15)25-14-4-5-28-12-14/h6-7,11,14,25H,4-5,8-10,12,24H2,1-3H3/t14-/m0/s1. The van der Waals surface area contributed by atoms with Gasteiger partial charge in [0.15, 0.2) is 5.78 Å². The third-order valence-corrected chi connectivity index (χ3v) is 5.81. The summed E-state index contributed by atoms with van der Waals surface area (Å²) in [7, 11) is 0. The van der Waals surface area contributed by atoms with E-state index in [2.05, 4.69) is 19.2 Å². The zero-order chi connectivity index (χ0) is 20.1. The third-order valence-electron chi connectivity index (χ3n) is 5.81. The number of hydrogen-bond donors (Lipinski definition) is 2. The molecule has 2 heterocycles. The quantitative estimate of drug-likeness (QED) is 0.841. The average molecular weight is 385 g/mol. The largest absolute Gasteiger partial charge is 0.379 e. The van der Waals surface area contributed by atoms with Crippen LogP contribution in [0.1, 0.15) is 53.9 Å². The molecule has 0 spiro atoms. The summed E-state index contributed by atoms with van der Waals surface area (Å²) in [6, 6.07) is 3.61. The van der Waals surface area contributed by atoms with E-state index < -0.39 is 0 Å². The van der Waals surface area contributed by atoms with Crippen LogP contribution in [0, 0.1) is 18.2 Å². The highest BCUT2D eigenvalue weighted by Gasteiger charge is 2.35. The van der Waals surface area contributed by atoms with Crippen LogP contribution in [0.15, 0.2) is 18.3 Å². The number of nitrogens with one attached hydrogen (secondary N) is 1. The van der Waals surface area contributed by atoms with Crippen molar-refractivity contribution < 1.29 is 13.9 Å². The molecular weight excluding hydrogens is 357 g/mol. The van der Waals surface area contributed by atoms with Crippen molar-refractivity contribution in [3.05, 3.63) is 46.5 Å².